The molecule has 0 bridgehead atoms. The molecule has 5 nitrogen and oxygen atoms in total. The smallest absolute Gasteiger partial charge is 0.258 e. The number of anilines is 1. The molecule has 0 aliphatic heterocycles. The van der Waals surface area contributed by atoms with Crippen LogP contribution in [-0.4, -0.2) is 20.9 Å². The maximum absolute atomic E-state index is 12.4. The van der Waals surface area contributed by atoms with Crippen molar-refractivity contribution >= 4 is 45.0 Å². The minimum absolute atomic E-state index is 0.283. The van der Waals surface area contributed by atoms with E-state index in [9.17, 15) is 4.79 Å². The highest BCUT2D eigenvalue weighted by Gasteiger charge is 2.14. The molecule has 4 rings (SSSR count). The number of pyridine rings is 2. The summed E-state index contributed by atoms with van der Waals surface area (Å²) in [5.74, 6) is -0.283. The Morgan fingerprint density at radius 2 is 2.00 bits per heavy atom. The van der Waals surface area contributed by atoms with Crippen molar-refractivity contribution < 1.29 is 4.79 Å². The summed E-state index contributed by atoms with van der Waals surface area (Å²) in [7, 11) is 0. The van der Waals surface area contributed by atoms with Crippen molar-refractivity contribution in [1.82, 2.24) is 15.0 Å². The van der Waals surface area contributed by atoms with Gasteiger partial charge in [-0.1, -0.05) is 35.1 Å². The van der Waals surface area contributed by atoms with Crippen LogP contribution in [0.3, 0.4) is 0 Å². The van der Waals surface area contributed by atoms with Crippen molar-refractivity contribution in [3.8, 4) is 10.4 Å². The zero-order valence-corrected chi connectivity index (χ0v) is 15.3. The lowest BCUT2D eigenvalue weighted by atomic mass is 10.1. The van der Waals surface area contributed by atoms with Gasteiger partial charge in [0.15, 0.2) is 10.8 Å². The Balaban J connectivity index is 1.63. The normalized spacial score (nSPS) is 10.8. The molecule has 0 spiro atoms. The van der Waals surface area contributed by atoms with Gasteiger partial charge in [0.05, 0.1) is 15.5 Å². The van der Waals surface area contributed by atoms with Gasteiger partial charge in [-0.05, 0) is 37.3 Å². The second-order valence-corrected chi connectivity index (χ2v) is 7.07. The summed E-state index contributed by atoms with van der Waals surface area (Å²) in [4.78, 5) is 26.4. The molecule has 4 aromatic rings. The van der Waals surface area contributed by atoms with Gasteiger partial charge in [0.2, 0.25) is 0 Å². The topological polar surface area (TPSA) is 67.8 Å². The van der Waals surface area contributed by atoms with Crippen molar-refractivity contribution in [1.29, 1.82) is 0 Å². The van der Waals surface area contributed by atoms with Crippen LogP contribution in [0.2, 0.25) is 5.02 Å². The van der Waals surface area contributed by atoms with E-state index in [1.54, 1.807) is 36.7 Å². The summed E-state index contributed by atoms with van der Waals surface area (Å²) in [5.41, 5.74) is 2.97. The van der Waals surface area contributed by atoms with Crippen molar-refractivity contribution in [2.45, 2.75) is 6.92 Å². The number of thiazole rings is 1. The Morgan fingerprint density at radius 1 is 1.15 bits per heavy atom. The molecule has 3 heterocycles. The summed E-state index contributed by atoms with van der Waals surface area (Å²) >= 11 is 7.46. The van der Waals surface area contributed by atoms with E-state index < -0.39 is 0 Å². The Kier molecular flexibility index (Phi) is 4.36. The molecule has 1 N–H and O–H groups in total. The second-order valence-electron chi connectivity index (χ2n) is 5.64. The second kappa shape index (κ2) is 6.82. The lowest BCUT2D eigenvalue weighted by Crippen LogP contribution is -2.11. The van der Waals surface area contributed by atoms with E-state index >= 15 is 0 Å². The number of fused-ring (bicyclic) bond motifs is 1. The highest BCUT2D eigenvalue weighted by Crippen LogP contribution is 2.32. The Hall–Kier alpha value is -2.83. The van der Waals surface area contributed by atoms with Crippen LogP contribution in [0.5, 0.6) is 0 Å². The van der Waals surface area contributed by atoms with Gasteiger partial charge in [-0.15, -0.1) is 0 Å². The molecule has 0 radical (unpaired) electrons. The number of carbonyl (C=O) groups is 1. The molecule has 0 atom stereocenters. The zero-order chi connectivity index (χ0) is 18.1. The number of nitrogens with zero attached hydrogens (tertiary/aromatic N) is 3. The van der Waals surface area contributed by atoms with Crippen molar-refractivity contribution in [3.05, 3.63) is 71.1 Å². The molecule has 7 heteroatoms. The summed E-state index contributed by atoms with van der Waals surface area (Å²) in [6.07, 6.45) is 3.46. The Bertz CT molecular complexity index is 1130. The predicted octanol–water partition coefficient (Wildman–Crippen LogP) is 4.97. The van der Waals surface area contributed by atoms with Crippen molar-refractivity contribution in [2.75, 3.05) is 5.32 Å². The lowest BCUT2D eigenvalue weighted by Gasteiger charge is -2.05. The maximum Gasteiger partial charge on any atom is 0.258 e. The Morgan fingerprint density at radius 3 is 2.85 bits per heavy atom. The Labute approximate surface area is 158 Å². The first-order valence-corrected chi connectivity index (χ1v) is 9.06. The molecule has 128 valence electrons. The average molecular weight is 381 g/mol. The fraction of sp³-hybridized carbons (Fsp3) is 0.0526. The van der Waals surface area contributed by atoms with Gasteiger partial charge in [-0.2, -0.15) is 0 Å². The number of amides is 1. The van der Waals surface area contributed by atoms with E-state index in [1.165, 1.54) is 11.3 Å². The van der Waals surface area contributed by atoms with Gasteiger partial charge >= 0.3 is 0 Å². The minimum Gasteiger partial charge on any atom is -0.298 e. The van der Waals surface area contributed by atoms with Gasteiger partial charge in [0.25, 0.3) is 5.91 Å². The molecule has 0 fully saturated rings. The van der Waals surface area contributed by atoms with E-state index in [0.717, 1.165) is 21.5 Å². The molecule has 1 aromatic carbocycles. The van der Waals surface area contributed by atoms with E-state index in [2.05, 4.69) is 20.3 Å². The molecule has 0 aliphatic carbocycles. The number of aromatic nitrogens is 3. The fourth-order valence-electron chi connectivity index (χ4n) is 2.61. The van der Waals surface area contributed by atoms with E-state index in [-0.39, 0.29) is 5.91 Å². The molecular weight excluding hydrogens is 368 g/mol. The van der Waals surface area contributed by atoms with Gasteiger partial charge < -0.3 is 0 Å². The quantitative estimate of drug-likeness (QED) is 0.545. The van der Waals surface area contributed by atoms with Crippen LogP contribution in [0.4, 0.5) is 5.13 Å². The molecule has 3 aromatic heterocycles. The maximum atomic E-state index is 12.4. The summed E-state index contributed by atoms with van der Waals surface area (Å²) < 4.78 is 0. The van der Waals surface area contributed by atoms with Gasteiger partial charge in [0, 0.05) is 29.0 Å². The zero-order valence-electron chi connectivity index (χ0n) is 13.7. The number of hydrogen-bond donors (Lipinski definition) is 1. The molecule has 0 saturated carbocycles. The van der Waals surface area contributed by atoms with Crippen molar-refractivity contribution in [3.63, 3.8) is 0 Å². The fourth-order valence-corrected chi connectivity index (χ4v) is 3.71. The van der Waals surface area contributed by atoms with Gasteiger partial charge in [0.1, 0.15) is 0 Å². The number of aryl methyl sites for hydroxylation is 1. The minimum atomic E-state index is -0.283. The molecule has 0 unspecified atom stereocenters. The van der Waals surface area contributed by atoms with E-state index in [1.807, 2.05) is 25.1 Å². The van der Waals surface area contributed by atoms with Gasteiger partial charge in [-0.3, -0.25) is 10.1 Å². The molecule has 26 heavy (non-hydrogen) atoms. The first-order valence-electron chi connectivity index (χ1n) is 7.86. The number of halogens is 1. The number of rotatable bonds is 3. The van der Waals surface area contributed by atoms with Crippen LogP contribution in [0, 0.1) is 6.92 Å². The number of hydrogen-bond acceptors (Lipinski definition) is 5. The SMILES string of the molecule is Cc1nc2ncccc2cc1-c1cnc(NC(=O)c2ccccc2Cl)s1. The summed E-state index contributed by atoms with van der Waals surface area (Å²) in [5, 5.41) is 4.67. The molecule has 1 amide bonds. The first-order chi connectivity index (χ1) is 12.6. The number of benzene rings is 1. The van der Waals surface area contributed by atoms with Crippen LogP contribution in [-0.2, 0) is 0 Å². The molecular formula is C19H13ClN4OS. The molecule has 0 aliphatic rings. The van der Waals surface area contributed by atoms with E-state index in [4.69, 9.17) is 11.6 Å². The average Bonchev–Trinajstić information content (AvgIpc) is 3.09. The highest BCUT2D eigenvalue weighted by atomic mass is 35.5. The standard InChI is InChI=1S/C19H13ClN4OS/c1-11-14(9-12-5-4-8-21-17(12)23-11)16-10-22-19(26-16)24-18(25)13-6-2-3-7-15(13)20/h2-10H,1H3,(H,22,24,25). The largest absolute Gasteiger partial charge is 0.298 e. The van der Waals surface area contributed by atoms with Crippen molar-refractivity contribution in [2.24, 2.45) is 0 Å². The van der Waals surface area contributed by atoms with E-state index in [0.29, 0.717) is 21.4 Å². The van der Waals surface area contributed by atoms with Crippen LogP contribution >= 0.6 is 22.9 Å². The highest BCUT2D eigenvalue weighted by molar-refractivity contribution is 7.19. The third kappa shape index (κ3) is 3.16. The van der Waals surface area contributed by atoms with Crippen LogP contribution in [0.25, 0.3) is 21.5 Å². The first kappa shape index (κ1) is 16.6. The third-order valence-electron chi connectivity index (χ3n) is 3.89. The van der Waals surface area contributed by atoms with Crippen LogP contribution in [0.1, 0.15) is 16.1 Å². The monoisotopic (exact) mass is 380 g/mol. The van der Waals surface area contributed by atoms with Crippen LogP contribution < -0.4 is 5.32 Å². The third-order valence-corrected chi connectivity index (χ3v) is 5.17. The molecule has 0 saturated heterocycles. The number of carbonyl (C=O) groups excluding carboxylic acids is 1. The van der Waals surface area contributed by atoms with Gasteiger partial charge in [-0.25, -0.2) is 15.0 Å². The summed E-state index contributed by atoms with van der Waals surface area (Å²) in [6, 6.07) is 12.8. The summed E-state index contributed by atoms with van der Waals surface area (Å²) in [6.45, 7) is 1.94. The lowest BCUT2D eigenvalue weighted by molar-refractivity contribution is 0.102. The number of nitrogens with one attached hydrogen (secondary N) is 1. The predicted molar refractivity (Wildman–Crippen MR) is 105 cm³/mol. The van der Waals surface area contributed by atoms with Crippen LogP contribution in [0.15, 0.2) is 54.9 Å².